The topological polar surface area (TPSA) is 49.3 Å². The van der Waals surface area contributed by atoms with E-state index in [0.29, 0.717) is 13.0 Å². The summed E-state index contributed by atoms with van der Waals surface area (Å²) in [5.74, 6) is -3.48. The Morgan fingerprint density at radius 2 is 1.88 bits per heavy atom. The summed E-state index contributed by atoms with van der Waals surface area (Å²) in [6.07, 6.45) is -3.80. The summed E-state index contributed by atoms with van der Waals surface area (Å²) >= 11 is 0. The van der Waals surface area contributed by atoms with Crippen LogP contribution in [0, 0.1) is 5.92 Å². The molecule has 0 radical (unpaired) electrons. The highest BCUT2D eigenvalue weighted by Gasteiger charge is 2.39. The van der Waals surface area contributed by atoms with Crippen molar-refractivity contribution in [3.05, 3.63) is 18.0 Å². The molecule has 1 aromatic rings. The van der Waals surface area contributed by atoms with Gasteiger partial charge in [-0.25, -0.2) is 18.7 Å². The third kappa shape index (κ3) is 3.98. The number of halogens is 5. The van der Waals surface area contributed by atoms with Crippen molar-refractivity contribution < 1.29 is 26.7 Å². The fourth-order valence-corrected chi connectivity index (χ4v) is 3.11. The van der Waals surface area contributed by atoms with Gasteiger partial charge in [-0.2, -0.15) is 13.2 Å². The van der Waals surface area contributed by atoms with E-state index in [1.807, 2.05) is 0 Å². The Bertz CT molecular complexity index is 641. The van der Waals surface area contributed by atoms with Crippen molar-refractivity contribution in [2.75, 3.05) is 31.1 Å². The molecular weight excluding hydrogens is 347 g/mol. The minimum Gasteiger partial charge on any atom is -0.342 e. The lowest BCUT2D eigenvalue weighted by Crippen LogP contribution is -2.45. The van der Waals surface area contributed by atoms with E-state index < -0.39 is 23.7 Å². The normalized spacial score (nSPS) is 23.8. The lowest BCUT2D eigenvalue weighted by atomic mass is 10.0. The second kappa shape index (κ2) is 6.38. The molecular formula is C15H17F5N4O. The largest absolute Gasteiger partial charge is 0.433 e. The molecule has 1 atom stereocenters. The van der Waals surface area contributed by atoms with Crippen LogP contribution in [0.2, 0.25) is 0 Å². The third-order valence-corrected chi connectivity index (χ3v) is 4.56. The summed E-state index contributed by atoms with van der Waals surface area (Å²) < 4.78 is 64.6. The van der Waals surface area contributed by atoms with Crippen molar-refractivity contribution in [3.63, 3.8) is 0 Å². The molecule has 1 amide bonds. The number of alkyl halides is 5. The molecule has 1 unspecified atom stereocenters. The lowest BCUT2D eigenvalue weighted by Gasteiger charge is -2.33. The highest BCUT2D eigenvalue weighted by Crippen LogP contribution is 2.31. The van der Waals surface area contributed by atoms with Crippen LogP contribution >= 0.6 is 0 Å². The SMILES string of the molecule is O=C(C1CCN(c2nccc(C(F)(F)F)n2)C1)N1CCC(F)(F)CC1. The Hall–Kier alpha value is -2.00. The van der Waals surface area contributed by atoms with Gasteiger partial charge in [0, 0.05) is 45.2 Å². The van der Waals surface area contributed by atoms with E-state index in [1.54, 1.807) is 0 Å². The van der Waals surface area contributed by atoms with Crippen LogP contribution in [0.4, 0.5) is 27.9 Å². The fourth-order valence-electron chi connectivity index (χ4n) is 3.11. The van der Waals surface area contributed by atoms with E-state index in [-0.39, 0.29) is 44.3 Å². The van der Waals surface area contributed by atoms with Gasteiger partial charge in [0.25, 0.3) is 5.92 Å². The quantitative estimate of drug-likeness (QED) is 0.757. The van der Waals surface area contributed by atoms with Crippen molar-refractivity contribution in [3.8, 4) is 0 Å². The Morgan fingerprint density at radius 3 is 2.52 bits per heavy atom. The molecule has 0 N–H and O–H groups in total. The summed E-state index contributed by atoms with van der Waals surface area (Å²) in [6, 6.07) is 0.788. The molecule has 10 heteroatoms. The first-order valence-corrected chi connectivity index (χ1v) is 7.97. The molecule has 0 aromatic carbocycles. The molecule has 3 heterocycles. The Kier molecular flexibility index (Phi) is 4.54. The molecule has 0 aliphatic carbocycles. The number of carbonyl (C=O) groups excluding carboxylic acids is 1. The second-order valence-corrected chi connectivity index (χ2v) is 6.35. The van der Waals surface area contributed by atoms with Gasteiger partial charge in [-0.1, -0.05) is 0 Å². The van der Waals surface area contributed by atoms with Crippen molar-refractivity contribution in [2.45, 2.75) is 31.4 Å². The first-order chi connectivity index (χ1) is 11.7. The Balaban J connectivity index is 1.63. The Morgan fingerprint density at radius 1 is 1.20 bits per heavy atom. The number of likely N-dealkylation sites (tertiary alicyclic amines) is 1. The van der Waals surface area contributed by atoms with Crippen LogP contribution < -0.4 is 4.90 Å². The van der Waals surface area contributed by atoms with Gasteiger partial charge in [-0.05, 0) is 12.5 Å². The number of piperidine rings is 1. The molecule has 5 nitrogen and oxygen atoms in total. The predicted molar refractivity (Wildman–Crippen MR) is 78.1 cm³/mol. The molecule has 1 aromatic heterocycles. The Labute approximate surface area is 140 Å². The zero-order valence-corrected chi connectivity index (χ0v) is 13.3. The van der Waals surface area contributed by atoms with Crippen LogP contribution in [0.15, 0.2) is 12.3 Å². The number of anilines is 1. The lowest BCUT2D eigenvalue weighted by molar-refractivity contribution is -0.142. The number of hydrogen-bond acceptors (Lipinski definition) is 4. The van der Waals surface area contributed by atoms with E-state index in [9.17, 15) is 26.7 Å². The van der Waals surface area contributed by atoms with Crippen molar-refractivity contribution in [2.24, 2.45) is 5.92 Å². The van der Waals surface area contributed by atoms with Gasteiger partial charge >= 0.3 is 6.18 Å². The molecule has 0 bridgehead atoms. The summed E-state index contributed by atoms with van der Waals surface area (Å²) in [4.78, 5) is 22.8. The van der Waals surface area contributed by atoms with Gasteiger partial charge < -0.3 is 9.80 Å². The summed E-state index contributed by atoms with van der Waals surface area (Å²) in [7, 11) is 0. The number of amides is 1. The van der Waals surface area contributed by atoms with Crippen LogP contribution in [0.3, 0.4) is 0 Å². The van der Waals surface area contributed by atoms with Gasteiger partial charge in [-0.15, -0.1) is 0 Å². The number of hydrogen-bond donors (Lipinski definition) is 0. The maximum absolute atomic E-state index is 13.2. The minimum atomic E-state index is -4.56. The number of nitrogens with zero attached hydrogens (tertiary/aromatic N) is 4. The smallest absolute Gasteiger partial charge is 0.342 e. The average Bonchev–Trinajstić information content (AvgIpc) is 3.03. The van der Waals surface area contributed by atoms with E-state index in [1.165, 1.54) is 9.80 Å². The van der Waals surface area contributed by atoms with Crippen molar-refractivity contribution in [1.82, 2.24) is 14.9 Å². The third-order valence-electron chi connectivity index (χ3n) is 4.56. The van der Waals surface area contributed by atoms with E-state index in [2.05, 4.69) is 9.97 Å². The van der Waals surface area contributed by atoms with Gasteiger partial charge in [0.2, 0.25) is 11.9 Å². The molecule has 0 saturated carbocycles. The van der Waals surface area contributed by atoms with Gasteiger partial charge in [0.15, 0.2) is 0 Å². The van der Waals surface area contributed by atoms with Crippen molar-refractivity contribution in [1.29, 1.82) is 0 Å². The summed E-state index contributed by atoms with van der Waals surface area (Å²) in [5.41, 5.74) is -1.04. The monoisotopic (exact) mass is 364 g/mol. The molecule has 25 heavy (non-hydrogen) atoms. The maximum atomic E-state index is 13.2. The fraction of sp³-hybridized carbons (Fsp3) is 0.667. The van der Waals surface area contributed by atoms with Gasteiger partial charge in [-0.3, -0.25) is 4.79 Å². The highest BCUT2D eigenvalue weighted by molar-refractivity contribution is 5.80. The van der Waals surface area contributed by atoms with Crippen LogP contribution in [0.25, 0.3) is 0 Å². The van der Waals surface area contributed by atoms with Gasteiger partial charge in [0.05, 0.1) is 5.92 Å². The number of rotatable bonds is 2. The van der Waals surface area contributed by atoms with Crippen LogP contribution in [0.5, 0.6) is 0 Å². The molecule has 2 saturated heterocycles. The maximum Gasteiger partial charge on any atom is 0.433 e. The molecule has 2 aliphatic heterocycles. The first kappa shape index (κ1) is 17.8. The van der Waals surface area contributed by atoms with E-state index in [4.69, 9.17) is 0 Å². The number of carbonyl (C=O) groups is 1. The molecule has 138 valence electrons. The average molecular weight is 364 g/mol. The standard InChI is InChI=1S/C15H17F5N4O/c16-14(17)3-7-23(8-4-14)12(25)10-2-6-24(9-10)13-21-5-1-11(22-13)15(18,19)20/h1,5,10H,2-4,6-9H2. The molecule has 2 aliphatic rings. The highest BCUT2D eigenvalue weighted by atomic mass is 19.4. The molecule has 3 rings (SSSR count). The van der Waals surface area contributed by atoms with E-state index >= 15 is 0 Å². The summed E-state index contributed by atoms with van der Waals surface area (Å²) in [6.45, 7) is 0.541. The number of aromatic nitrogens is 2. The zero-order valence-electron chi connectivity index (χ0n) is 13.3. The van der Waals surface area contributed by atoms with Gasteiger partial charge in [0.1, 0.15) is 5.69 Å². The minimum absolute atomic E-state index is 0.00237. The van der Waals surface area contributed by atoms with Crippen molar-refractivity contribution >= 4 is 11.9 Å². The first-order valence-electron chi connectivity index (χ1n) is 7.97. The van der Waals surface area contributed by atoms with E-state index in [0.717, 1.165) is 12.3 Å². The predicted octanol–water partition coefficient (Wildman–Crippen LogP) is 2.58. The van der Waals surface area contributed by atoms with Crippen LogP contribution in [-0.2, 0) is 11.0 Å². The van der Waals surface area contributed by atoms with Crippen LogP contribution in [0.1, 0.15) is 25.0 Å². The van der Waals surface area contributed by atoms with Crippen LogP contribution in [-0.4, -0.2) is 52.9 Å². The summed E-state index contributed by atoms with van der Waals surface area (Å²) in [5, 5.41) is 0. The molecule has 2 fully saturated rings. The second-order valence-electron chi connectivity index (χ2n) is 6.35. The molecule has 0 spiro atoms. The zero-order chi connectivity index (χ0) is 18.2.